The van der Waals surface area contributed by atoms with Crippen molar-refractivity contribution in [1.82, 2.24) is 0 Å². The van der Waals surface area contributed by atoms with Crippen molar-refractivity contribution in [3.63, 3.8) is 0 Å². The Hall–Kier alpha value is -3.47. The van der Waals surface area contributed by atoms with Gasteiger partial charge in [-0.15, -0.1) is 0 Å². The number of nitrogens with one attached hydrogen (secondary N) is 1. The molecule has 148 valence electrons. The molecule has 28 heavy (non-hydrogen) atoms. The van der Waals surface area contributed by atoms with Gasteiger partial charge in [-0.3, -0.25) is 14.8 Å². The van der Waals surface area contributed by atoms with Crippen LogP contribution in [0.4, 0.5) is 11.4 Å². The Morgan fingerprint density at radius 3 is 2.00 bits per heavy atom. The first kappa shape index (κ1) is 20.8. The summed E-state index contributed by atoms with van der Waals surface area (Å²) in [6.07, 6.45) is 0. The second kappa shape index (κ2) is 8.05. The smallest absolute Gasteiger partial charge is 0.337 e. The van der Waals surface area contributed by atoms with Crippen LogP contribution in [0.15, 0.2) is 41.3 Å². The van der Waals surface area contributed by atoms with Gasteiger partial charge in [-0.2, -0.15) is 0 Å². The molecule has 1 N–H and O–H groups in total. The Labute approximate surface area is 160 Å². The van der Waals surface area contributed by atoms with Gasteiger partial charge in [-0.1, -0.05) is 6.07 Å². The van der Waals surface area contributed by atoms with Gasteiger partial charge in [0, 0.05) is 12.1 Å². The Kier molecular flexibility index (Phi) is 5.99. The Morgan fingerprint density at radius 1 is 1.00 bits per heavy atom. The van der Waals surface area contributed by atoms with Crippen LogP contribution in [0.3, 0.4) is 0 Å². The topological polar surface area (TPSA) is 142 Å². The lowest BCUT2D eigenvalue weighted by molar-refractivity contribution is -0.385. The van der Waals surface area contributed by atoms with Crippen LogP contribution in [0.25, 0.3) is 0 Å². The van der Waals surface area contributed by atoms with E-state index in [0.717, 1.165) is 20.3 Å². The quantitative estimate of drug-likeness (QED) is 0.436. The average molecular weight is 408 g/mol. The number of hydrogen-bond acceptors (Lipinski definition) is 8. The largest absolute Gasteiger partial charge is 0.465 e. The minimum atomic E-state index is -4.26. The molecule has 0 aromatic heterocycles. The second-order valence-electron chi connectivity index (χ2n) is 5.59. The molecule has 0 heterocycles. The molecule has 0 atom stereocenters. The molecule has 0 amide bonds. The highest BCUT2D eigenvalue weighted by molar-refractivity contribution is 7.92. The number of rotatable bonds is 6. The van der Waals surface area contributed by atoms with E-state index in [1.54, 1.807) is 0 Å². The fraction of sp³-hybridized carbons (Fsp3) is 0.176. The van der Waals surface area contributed by atoms with Crippen molar-refractivity contribution in [1.29, 1.82) is 0 Å². The van der Waals surface area contributed by atoms with Crippen molar-refractivity contribution in [2.75, 3.05) is 18.9 Å². The zero-order chi connectivity index (χ0) is 21.1. The summed E-state index contributed by atoms with van der Waals surface area (Å²) in [4.78, 5) is 33.5. The van der Waals surface area contributed by atoms with Gasteiger partial charge in [0.05, 0.1) is 40.9 Å². The molecule has 2 aromatic rings. The molecule has 0 radical (unpaired) electrons. The monoisotopic (exact) mass is 408 g/mol. The number of esters is 2. The van der Waals surface area contributed by atoms with E-state index in [9.17, 15) is 28.1 Å². The molecule has 0 fully saturated rings. The molecular formula is C17H16N2O8S. The zero-order valence-electron chi connectivity index (χ0n) is 15.1. The number of carbonyl (C=O) groups excluding carboxylic acids is 2. The van der Waals surface area contributed by atoms with Crippen LogP contribution < -0.4 is 4.72 Å². The van der Waals surface area contributed by atoms with Crippen molar-refractivity contribution >= 4 is 33.3 Å². The van der Waals surface area contributed by atoms with E-state index in [1.165, 1.54) is 37.3 Å². The molecule has 0 saturated heterocycles. The number of nitro benzene ring substituents is 1. The van der Waals surface area contributed by atoms with Crippen molar-refractivity contribution in [3.8, 4) is 0 Å². The summed E-state index contributed by atoms with van der Waals surface area (Å²) in [7, 11) is -2.00. The number of sulfonamides is 1. The average Bonchev–Trinajstić information content (AvgIpc) is 2.65. The zero-order valence-corrected chi connectivity index (χ0v) is 15.9. The van der Waals surface area contributed by atoms with Gasteiger partial charge in [-0.05, 0) is 30.7 Å². The minimum absolute atomic E-state index is 0.0844. The highest BCUT2D eigenvalue weighted by Crippen LogP contribution is 2.25. The number of carbonyl (C=O) groups is 2. The van der Waals surface area contributed by atoms with E-state index in [1.807, 2.05) is 0 Å². The van der Waals surface area contributed by atoms with Gasteiger partial charge >= 0.3 is 11.9 Å². The van der Waals surface area contributed by atoms with Gasteiger partial charge in [0.15, 0.2) is 0 Å². The van der Waals surface area contributed by atoms with Gasteiger partial charge < -0.3 is 9.47 Å². The van der Waals surface area contributed by atoms with E-state index in [4.69, 9.17) is 0 Å². The van der Waals surface area contributed by atoms with Crippen molar-refractivity contribution in [3.05, 3.63) is 63.2 Å². The lowest BCUT2D eigenvalue weighted by atomic mass is 10.1. The number of hydrogen-bond donors (Lipinski definition) is 1. The van der Waals surface area contributed by atoms with Crippen LogP contribution in [0.1, 0.15) is 26.3 Å². The summed E-state index contributed by atoms with van der Waals surface area (Å²) in [5, 5.41) is 10.9. The van der Waals surface area contributed by atoms with Crippen molar-refractivity contribution in [2.24, 2.45) is 0 Å². The molecule has 2 rings (SSSR count). The highest BCUT2D eigenvalue weighted by atomic mass is 32.2. The van der Waals surface area contributed by atoms with Crippen LogP contribution in [0.5, 0.6) is 0 Å². The first-order valence-corrected chi connectivity index (χ1v) is 9.17. The number of methoxy groups -OCH3 is 2. The van der Waals surface area contributed by atoms with E-state index in [-0.39, 0.29) is 27.3 Å². The van der Waals surface area contributed by atoms with Crippen LogP contribution in [0.2, 0.25) is 0 Å². The number of ether oxygens (including phenoxy) is 2. The molecule has 11 heteroatoms. The van der Waals surface area contributed by atoms with E-state index in [2.05, 4.69) is 14.2 Å². The Morgan fingerprint density at radius 2 is 1.54 bits per heavy atom. The molecule has 2 aromatic carbocycles. The predicted molar refractivity (Wildman–Crippen MR) is 97.8 cm³/mol. The summed E-state index contributed by atoms with van der Waals surface area (Å²) < 4.78 is 36.9. The van der Waals surface area contributed by atoms with Gasteiger partial charge in [0.1, 0.15) is 0 Å². The first-order chi connectivity index (χ1) is 13.1. The molecule has 10 nitrogen and oxygen atoms in total. The van der Waals surface area contributed by atoms with E-state index >= 15 is 0 Å². The maximum absolute atomic E-state index is 12.7. The number of aryl methyl sites for hydroxylation is 1. The third kappa shape index (κ3) is 4.43. The maximum atomic E-state index is 12.7. The molecule has 0 aliphatic carbocycles. The van der Waals surface area contributed by atoms with Crippen LogP contribution in [0, 0.1) is 17.0 Å². The number of nitro groups is 1. The molecule has 0 bridgehead atoms. The fourth-order valence-corrected chi connectivity index (χ4v) is 3.67. The van der Waals surface area contributed by atoms with Gasteiger partial charge in [-0.25, -0.2) is 18.0 Å². The molecule has 0 saturated carbocycles. The SMILES string of the molecule is COC(=O)c1cc(NS(=O)(=O)c2cc([N+](=O)[O-])ccc2C)cc(C(=O)OC)c1. The van der Waals surface area contributed by atoms with Crippen molar-refractivity contribution < 1.29 is 32.4 Å². The lowest BCUT2D eigenvalue weighted by Gasteiger charge is -2.12. The normalized spacial score (nSPS) is 10.8. The maximum Gasteiger partial charge on any atom is 0.337 e. The Balaban J connectivity index is 2.54. The van der Waals surface area contributed by atoms with Crippen LogP contribution >= 0.6 is 0 Å². The third-order valence-corrected chi connectivity index (χ3v) is 5.22. The first-order valence-electron chi connectivity index (χ1n) is 7.68. The van der Waals surface area contributed by atoms with Crippen LogP contribution in [-0.4, -0.2) is 39.5 Å². The summed E-state index contributed by atoms with van der Waals surface area (Å²) in [5.41, 5.74) is -0.410. The standard InChI is InChI=1S/C17H16N2O8S/c1-10-4-5-14(19(22)23)9-15(10)28(24,25)18-13-7-11(16(20)26-2)6-12(8-13)17(21)27-3/h4-9,18H,1-3H3. The summed E-state index contributed by atoms with van der Waals surface area (Å²) in [5.74, 6) is -1.59. The molecular weight excluding hydrogens is 392 g/mol. The number of non-ortho nitro benzene ring substituents is 1. The number of benzene rings is 2. The number of anilines is 1. The third-order valence-electron chi connectivity index (χ3n) is 3.70. The van der Waals surface area contributed by atoms with Gasteiger partial charge in [0.2, 0.25) is 0 Å². The summed E-state index contributed by atoms with van der Waals surface area (Å²) in [6, 6.07) is 6.93. The Bertz CT molecular complexity index is 1030. The lowest BCUT2D eigenvalue weighted by Crippen LogP contribution is -2.16. The molecule has 0 spiro atoms. The van der Waals surface area contributed by atoms with E-state index in [0.29, 0.717) is 0 Å². The fourth-order valence-electron chi connectivity index (χ4n) is 2.36. The number of nitrogens with zero attached hydrogens (tertiary/aromatic N) is 1. The van der Waals surface area contributed by atoms with Gasteiger partial charge in [0.25, 0.3) is 15.7 Å². The molecule has 0 aliphatic heterocycles. The predicted octanol–water partition coefficient (Wildman–Crippen LogP) is 2.28. The summed E-state index contributed by atoms with van der Waals surface area (Å²) in [6.45, 7) is 1.48. The molecule has 0 aliphatic rings. The second-order valence-corrected chi connectivity index (χ2v) is 7.25. The van der Waals surface area contributed by atoms with Crippen LogP contribution in [-0.2, 0) is 19.5 Å². The highest BCUT2D eigenvalue weighted by Gasteiger charge is 2.22. The minimum Gasteiger partial charge on any atom is -0.465 e. The molecule has 0 unspecified atom stereocenters. The van der Waals surface area contributed by atoms with E-state index < -0.39 is 32.6 Å². The van der Waals surface area contributed by atoms with Crippen molar-refractivity contribution in [2.45, 2.75) is 11.8 Å². The summed E-state index contributed by atoms with van der Waals surface area (Å²) >= 11 is 0.